The SMILES string of the molecule is C=C1/C=C\C(C)=C\c2ccc([nH]2)/C=C2/C=CC(=N2)/C=c2/cc/c([nH]2)=C/1. The Kier molecular flexibility index (Phi) is 3.82. The van der Waals surface area contributed by atoms with Crippen molar-refractivity contribution in [1.82, 2.24) is 9.97 Å². The van der Waals surface area contributed by atoms with E-state index in [0.717, 1.165) is 44.6 Å². The zero-order chi connectivity index (χ0) is 17.2. The Labute approximate surface area is 146 Å². The van der Waals surface area contributed by atoms with Gasteiger partial charge in [-0.3, -0.25) is 0 Å². The summed E-state index contributed by atoms with van der Waals surface area (Å²) < 4.78 is 0. The second-order valence-electron chi connectivity index (χ2n) is 6.26. The van der Waals surface area contributed by atoms with Gasteiger partial charge in [-0.2, -0.15) is 0 Å². The molecule has 0 saturated heterocycles. The van der Waals surface area contributed by atoms with Crippen LogP contribution in [0.1, 0.15) is 18.3 Å². The number of hydrogen-bond acceptors (Lipinski definition) is 1. The molecule has 2 N–H and O–H groups in total. The molecule has 25 heavy (non-hydrogen) atoms. The van der Waals surface area contributed by atoms with Gasteiger partial charge in [0.1, 0.15) is 0 Å². The van der Waals surface area contributed by atoms with Gasteiger partial charge >= 0.3 is 0 Å². The third kappa shape index (κ3) is 3.61. The highest BCUT2D eigenvalue weighted by atomic mass is 14.8. The van der Waals surface area contributed by atoms with Crippen LogP contribution in [0.2, 0.25) is 0 Å². The lowest BCUT2D eigenvalue weighted by Gasteiger charge is -1.94. The summed E-state index contributed by atoms with van der Waals surface area (Å²) in [5, 5.41) is 2.05. The number of H-pyrrole nitrogens is 2. The fraction of sp³-hybridized carbons (Fsp3) is 0.0455. The Morgan fingerprint density at radius 2 is 1.52 bits per heavy atom. The Bertz CT molecular complexity index is 1110. The van der Waals surface area contributed by atoms with Gasteiger partial charge in [-0.05, 0) is 78.8 Å². The van der Waals surface area contributed by atoms with E-state index in [9.17, 15) is 0 Å². The van der Waals surface area contributed by atoms with Gasteiger partial charge in [0.15, 0.2) is 0 Å². The highest BCUT2D eigenvalue weighted by Crippen LogP contribution is 2.16. The third-order valence-corrected chi connectivity index (χ3v) is 4.04. The molecule has 0 fully saturated rings. The molecule has 2 aliphatic rings. The predicted molar refractivity (Wildman–Crippen MR) is 106 cm³/mol. The first-order chi connectivity index (χ1) is 12.1. The lowest BCUT2D eigenvalue weighted by Crippen LogP contribution is -2.10. The molecule has 0 aliphatic carbocycles. The number of aromatic nitrogens is 2. The number of fused-ring (bicyclic) bond motifs is 5. The van der Waals surface area contributed by atoms with Crippen LogP contribution in [0.15, 0.2) is 77.0 Å². The minimum Gasteiger partial charge on any atom is -0.355 e. The number of rotatable bonds is 0. The first kappa shape index (κ1) is 15.2. The van der Waals surface area contributed by atoms with Gasteiger partial charge in [-0.25, -0.2) is 4.99 Å². The molecule has 6 bridgehead atoms. The molecule has 0 saturated carbocycles. The maximum atomic E-state index is 4.65. The average Bonchev–Trinajstić information content (AvgIpc) is 3.29. The topological polar surface area (TPSA) is 43.9 Å². The number of aliphatic imine (C=N–C) groups is 1. The molecule has 0 amide bonds. The van der Waals surface area contributed by atoms with Crippen molar-refractivity contribution in [3.8, 4) is 0 Å². The monoisotopic (exact) mass is 325 g/mol. The Morgan fingerprint density at radius 3 is 2.36 bits per heavy atom. The van der Waals surface area contributed by atoms with Gasteiger partial charge in [0.05, 0.1) is 11.4 Å². The lowest BCUT2D eigenvalue weighted by atomic mass is 10.2. The van der Waals surface area contributed by atoms with Gasteiger partial charge in [-0.1, -0.05) is 18.7 Å². The Morgan fingerprint density at radius 1 is 0.760 bits per heavy atom. The van der Waals surface area contributed by atoms with Gasteiger partial charge in [0.2, 0.25) is 0 Å². The van der Waals surface area contributed by atoms with Crippen molar-refractivity contribution in [1.29, 1.82) is 0 Å². The van der Waals surface area contributed by atoms with Crippen molar-refractivity contribution in [2.75, 3.05) is 0 Å². The van der Waals surface area contributed by atoms with Gasteiger partial charge in [0.25, 0.3) is 0 Å². The second kappa shape index (κ2) is 6.29. The van der Waals surface area contributed by atoms with Crippen LogP contribution in [0.5, 0.6) is 0 Å². The van der Waals surface area contributed by atoms with Crippen LogP contribution >= 0.6 is 0 Å². The van der Waals surface area contributed by atoms with Crippen LogP contribution in [0.4, 0.5) is 0 Å². The van der Waals surface area contributed by atoms with Gasteiger partial charge in [-0.15, -0.1) is 0 Å². The summed E-state index contributed by atoms with van der Waals surface area (Å²) in [6.45, 7) is 6.18. The van der Waals surface area contributed by atoms with E-state index < -0.39 is 0 Å². The standard InChI is InChI=1S/C22H19N3/c1-15-3-4-16(2)12-18-6-8-20(24-18)14-22-10-9-21(25-22)13-19-7-5-17(11-15)23-19/h3-14,23-24H,1H2,2H3/b4-3-,16-12+,17-11-,19-13-,22-14-. The van der Waals surface area contributed by atoms with E-state index in [-0.39, 0.29) is 0 Å². The van der Waals surface area contributed by atoms with Crippen LogP contribution in [0, 0.1) is 0 Å². The predicted octanol–water partition coefficient (Wildman–Crippen LogP) is 3.49. The first-order valence-electron chi connectivity index (χ1n) is 8.25. The maximum absolute atomic E-state index is 4.65. The molecule has 2 aliphatic heterocycles. The van der Waals surface area contributed by atoms with E-state index in [4.69, 9.17) is 0 Å². The normalized spacial score (nSPS) is 24.7. The van der Waals surface area contributed by atoms with E-state index >= 15 is 0 Å². The minimum absolute atomic E-state index is 0.935. The molecule has 0 unspecified atom stereocenters. The molecule has 122 valence electrons. The number of nitrogens with one attached hydrogen (secondary N) is 2. The Balaban J connectivity index is 1.84. The van der Waals surface area contributed by atoms with Crippen molar-refractivity contribution >= 4 is 30.0 Å². The summed E-state index contributed by atoms with van der Waals surface area (Å²) >= 11 is 0. The van der Waals surface area contributed by atoms with Crippen LogP contribution < -0.4 is 10.7 Å². The highest BCUT2D eigenvalue weighted by Gasteiger charge is 2.03. The maximum Gasteiger partial charge on any atom is 0.0658 e. The molecule has 4 rings (SSSR count). The van der Waals surface area contributed by atoms with Crippen molar-refractivity contribution in [2.45, 2.75) is 6.92 Å². The smallest absolute Gasteiger partial charge is 0.0658 e. The zero-order valence-electron chi connectivity index (χ0n) is 14.1. The summed E-state index contributed by atoms with van der Waals surface area (Å²) in [5.41, 5.74) is 6.08. The van der Waals surface area contributed by atoms with E-state index in [1.807, 2.05) is 48.6 Å². The molecule has 3 heteroatoms. The first-order valence-corrected chi connectivity index (χ1v) is 8.25. The van der Waals surface area contributed by atoms with Crippen LogP contribution in [0.25, 0.3) is 24.3 Å². The van der Waals surface area contributed by atoms with Crippen LogP contribution in [-0.4, -0.2) is 15.7 Å². The van der Waals surface area contributed by atoms with Gasteiger partial charge < -0.3 is 9.97 Å². The van der Waals surface area contributed by atoms with Crippen molar-refractivity contribution < 1.29 is 0 Å². The van der Waals surface area contributed by atoms with Crippen molar-refractivity contribution in [2.24, 2.45) is 4.99 Å². The molecule has 3 nitrogen and oxygen atoms in total. The molecular weight excluding hydrogens is 306 g/mol. The Hall–Kier alpha value is -3.33. The summed E-state index contributed by atoms with van der Waals surface area (Å²) in [6.07, 6.45) is 16.4. The molecule has 4 heterocycles. The van der Waals surface area contributed by atoms with E-state index in [0.29, 0.717) is 0 Å². The zero-order valence-corrected chi connectivity index (χ0v) is 14.1. The summed E-state index contributed by atoms with van der Waals surface area (Å²) in [5.74, 6) is 0. The van der Waals surface area contributed by atoms with Crippen LogP contribution in [0.3, 0.4) is 0 Å². The number of aromatic amines is 2. The largest absolute Gasteiger partial charge is 0.355 e. The van der Waals surface area contributed by atoms with E-state index in [1.54, 1.807) is 0 Å². The molecule has 0 radical (unpaired) electrons. The third-order valence-electron chi connectivity index (χ3n) is 4.04. The fourth-order valence-electron chi connectivity index (χ4n) is 2.85. The number of nitrogens with zero attached hydrogens (tertiary/aromatic N) is 1. The summed E-state index contributed by atoms with van der Waals surface area (Å²) in [4.78, 5) is 11.4. The van der Waals surface area contributed by atoms with E-state index in [2.05, 4.69) is 52.7 Å². The molecule has 2 aromatic heterocycles. The lowest BCUT2D eigenvalue weighted by molar-refractivity contribution is 1.27. The number of allylic oxidation sites excluding steroid dienone is 6. The fourth-order valence-corrected chi connectivity index (χ4v) is 2.85. The highest BCUT2D eigenvalue weighted by molar-refractivity contribution is 6.19. The van der Waals surface area contributed by atoms with Crippen LogP contribution in [-0.2, 0) is 0 Å². The average molecular weight is 325 g/mol. The van der Waals surface area contributed by atoms with E-state index in [1.165, 1.54) is 0 Å². The molecule has 2 aromatic rings. The summed E-state index contributed by atoms with van der Waals surface area (Å²) in [7, 11) is 0. The molecule has 0 aromatic carbocycles. The molecular formula is C22H19N3. The van der Waals surface area contributed by atoms with Crippen molar-refractivity contribution in [3.63, 3.8) is 0 Å². The minimum atomic E-state index is 0.935. The number of hydrogen-bond donors (Lipinski definition) is 2. The van der Waals surface area contributed by atoms with Crippen molar-refractivity contribution in [3.05, 3.63) is 94.1 Å². The van der Waals surface area contributed by atoms with Gasteiger partial charge in [0, 0.05) is 22.1 Å². The quantitative estimate of drug-likeness (QED) is 0.745. The summed E-state index contributed by atoms with van der Waals surface area (Å²) in [6, 6.07) is 8.23. The molecule has 0 spiro atoms. The second-order valence-corrected chi connectivity index (χ2v) is 6.26. The molecule has 0 atom stereocenters.